The number of amides is 2. The minimum Gasteiger partial charge on any atom is -0.300 e. The summed E-state index contributed by atoms with van der Waals surface area (Å²) in [6.45, 7) is 6.35. The monoisotopic (exact) mass is 267 g/mol. The van der Waals surface area contributed by atoms with E-state index < -0.39 is 0 Å². The second kappa shape index (κ2) is 7.41. The molecular formula is C15H25NO3. The van der Waals surface area contributed by atoms with E-state index in [0.717, 1.165) is 19.3 Å². The Morgan fingerprint density at radius 1 is 1.26 bits per heavy atom. The molecule has 4 heteroatoms. The molecule has 19 heavy (non-hydrogen) atoms. The molecule has 0 aliphatic carbocycles. The Morgan fingerprint density at radius 2 is 1.95 bits per heavy atom. The van der Waals surface area contributed by atoms with Gasteiger partial charge < -0.3 is 0 Å². The number of unbranched alkanes of at least 4 members (excludes halogenated alkanes) is 2. The molecule has 0 saturated carbocycles. The minimum atomic E-state index is -0.130. The molecule has 0 aromatic rings. The Morgan fingerprint density at radius 3 is 2.47 bits per heavy atom. The van der Waals surface area contributed by atoms with Crippen molar-refractivity contribution in [1.82, 2.24) is 4.90 Å². The lowest BCUT2D eigenvalue weighted by Gasteiger charge is -2.16. The first-order valence-electron chi connectivity index (χ1n) is 7.33. The molecule has 1 aliphatic rings. The van der Waals surface area contributed by atoms with Crippen LogP contribution in [0.15, 0.2) is 0 Å². The molecule has 0 aromatic heterocycles. The molecule has 1 fully saturated rings. The zero-order chi connectivity index (χ0) is 14.4. The second-order valence-electron chi connectivity index (χ2n) is 5.64. The molecule has 0 N–H and O–H groups in total. The van der Waals surface area contributed by atoms with E-state index in [-0.39, 0.29) is 29.4 Å². The predicted octanol–water partition coefficient (Wildman–Crippen LogP) is 2.56. The average molecular weight is 267 g/mol. The number of nitrogens with zero attached hydrogens (tertiary/aromatic N) is 1. The molecule has 4 nitrogen and oxygen atoms in total. The summed E-state index contributed by atoms with van der Waals surface area (Å²) in [4.78, 5) is 36.3. The van der Waals surface area contributed by atoms with E-state index in [2.05, 4.69) is 0 Å². The smallest absolute Gasteiger partial charge is 0.233 e. The van der Waals surface area contributed by atoms with Crippen molar-refractivity contribution < 1.29 is 14.4 Å². The van der Waals surface area contributed by atoms with Crippen molar-refractivity contribution in [2.45, 2.75) is 59.3 Å². The van der Waals surface area contributed by atoms with Crippen molar-refractivity contribution >= 4 is 17.6 Å². The number of hydrogen-bond acceptors (Lipinski definition) is 3. The van der Waals surface area contributed by atoms with Gasteiger partial charge in [-0.15, -0.1) is 0 Å². The first-order valence-corrected chi connectivity index (χ1v) is 7.33. The average Bonchev–Trinajstić information content (AvgIpc) is 2.65. The molecule has 1 unspecified atom stereocenters. The number of hydrogen-bond donors (Lipinski definition) is 0. The first-order chi connectivity index (χ1) is 8.97. The van der Waals surface area contributed by atoms with Gasteiger partial charge in [0.2, 0.25) is 11.8 Å². The number of ketones is 1. The van der Waals surface area contributed by atoms with Crippen molar-refractivity contribution in [1.29, 1.82) is 0 Å². The van der Waals surface area contributed by atoms with Crippen LogP contribution in [0.3, 0.4) is 0 Å². The predicted molar refractivity (Wildman–Crippen MR) is 73.4 cm³/mol. The number of likely N-dealkylation sites (tertiary alicyclic amines) is 1. The van der Waals surface area contributed by atoms with Crippen LogP contribution in [0.25, 0.3) is 0 Å². The van der Waals surface area contributed by atoms with Crippen LogP contribution in [0.4, 0.5) is 0 Å². The van der Waals surface area contributed by atoms with Gasteiger partial charge in [-0.3, -0.25) is 19.3 Å². The lowest BCUT2D eigenvalue weighted by Crippen LogP contribution is -2.32. The molecular weight excluding hydrogens is 242 g/mol. The van der Waals surface area contributed by atoms with Crippen LogP contribution in [0, 0.1) is 11.8 Å². The van der Waals surface area contributed by atoms with Crippen molar-refractivity contribution in [3.63, 3.8) is 0 Å². The highest BCUT2D eigenvalue weighted by molar-refractivity contribution is 6.03. The molecule has 0 spiro atoms. The van der Waals surface area contributed by atoms with Crippen molar-refractivity contribution in [2.75, 3.05) is 6.54 Å². The fourth-order valence-electron chi connectivity index (χ4n) is 2.41. The Bertz CT molecular complexity index is 349. The van der Waals surface area contributed by atoms with E-state index in [9.17, 15) is 14.4 Å². The quantitative estimate of drug-likeness (QED) is 0.501. The van der Waals surface area contributed by atoms with E-state index in [1.165, 1.54) is 4.90 Å². The van der Waals surface area contributed by atoms with E-state index in [0.29, 0.717) is 25.8 Å². The van der Waals surface area contributed by atoms with Gasteiger partial charge in [0, 0.05) is 31.7 Å². The summed E-state index contributed by atoms with van der Waals surface area (Å²) >= 11 is 0. The Balaban J connectivity index is 2.28. The van der Waals surface area contributed by atoms with Crippen LogP contribution in [-0.4, -0.2) is 29.0 Å². The van der Waals surface area contributed by atoms with E-state index >= 15 is 0 Å². The van der Waals surface area contributed by atoms with Crippen molar-refractivity contribution in [3.05, 3.63) is 0 Å². The fraction of sp³-hybridized carbons (Fsp3) is 0.800. The lowest BCUT2D eigenvalue weighted by atomic mass is 9.94. The minimum absolute atomic E-state index is 0.00960. The van der Waals surface area contributed by atoms with Gasteiger partial charge in [0.1, 0.15) is 5.78 Å². The number of imide groups is 1. The Kier molecular flexibility index (Phi) is 6.19. The van der Waals surface area contributed by atoms with Crippen molar-refractivity contribution in [3.8, 4) is 0 Å². The second-order valence-corrected chi connectivity index (χ2v) is 5.64. The summed E-state index contributed by atoms with van der Waals surface area (Å²) in [7, 11) is 0. The SMILES string of the molecule is CCC(=O)CCCCCN1C(=O)CC(C(C)C)C1=O. The summed E-state index contributed by atoms with van der Waals surface area (Å²) in [6, 6.07) is 0. The van der Waals surface area contributed by atoms with Gasteiger partial charge in [0.05, 0.1) is 0 Å². The van der Waals surface area contributed by atoms with E-state index in [1.54, 1.807) is 0 Å². The number of Topliss-reactive ketones (excluding diaryl/α,β-unsaturated/α-hetero) is 1. The van der Waals surface area contributed by atoms with E-state index in [4.69, 9.17) is 0 Å². The standard InChI is InChI=1S/C15H25NO3/c1-4-12(17)8-6-5-7-9-16-14(18)10-13(11(2)3)15(16)19/h11,13H,4-10H2,1-3H3. The number of carbonyl (C=O) groups excluding carboxylic acids is 3. The van der Waals surface area contributed by atoms with Crippen molar-refractivity contribution in [2.24, 2.45) is 11.8 Å². The molecule has 108 valence electrons. The normalized spacial score (nSPS) is 19.6. The maximum absolute atomic E-state index is 12.0. The molecule has 1 atom stereocenters. The Labute approximate surface area is 115 Å². The molecule has 1 saturated heterocycles. The topological polar surface area (TPSA) is 54.5 Å². The fourth-order valence-corrected chi connectivity index (χ4v) is 2.41. The third-order valence-corrected chi connectivity index (χ3v) is 3.82. The maximum atomic E-state index is 12.0. The molecule has 1 aliphatic heterocycles. The largest absolute Gasteiger partial charge is 0.300 e. The zero-order valence-electron chi connectivity index (χ0n) is 12.3. The van der Waals surface area contributed by atoms with Crippen LogP contribution < -0.4 is 0 Å². The Hall–Kier alpha value is -1.19. The van der Waals surface area contributed by atoms with Crippen LogP contribution in [0.1, 0.15) is 59.3 Å². The third-order valence-electron chi connectivity index (χ3n) is 3.82. The maximum Gasteiger partial charge on any atom is 0.233 e. The third kappa shape index (κ3) is 4.44. The van der Waals surface area contributed by atoms with Crippen LogP contribution in [-0.2, 0) is 14.4 Å². The molecule has 0 bridgehead atoms. The molecule has 0 radical (unpaired) electrons. The molecule has 1 heterocycles. The van der Waals surface area contributed by atoms with Gasteiger partial charge in [-0.2, -0.15) is 0 Å². The van der Waals surface area contributed by atoms with Gasteiger partial charge in [0.25, 0.3) is 0 Å². The lowest BCUT2D eigenvalue weighted by molar-refractivity contribution is -0.139. The highest BCUT2D eigenvalue weighted by Gasteiger charge is 2.39. The van der Waals surface area contributed by atoms with Crippen LogP contribution in [0.2, 0.25) is 0 Å². The van der Waals surface area contributed by atoms with Crippen LogP contribution >= 0.6 is 0 Å². The van der Waals surface area contributed by atoms with Gasteiger partial charge in [-0.25, -0.2) is 0 Å². The molecule has 0 aromatic carbocycles. The molecule has 1 rings (SSSR count). The highest BCUT2D eigenvalue weighted by Crippen LogP contribution is 2.26. The first kappa shape index (κ1) is 15.9. The summed E-state index contributed by atoms with van der Waals surface area (Å²) in [5.41, 5.74) is 0. The number of carbonyl (C=O) groups is 3. The number of rotatable bonds is 8. The highest BCUT2D eigenvalue weighted by atomic mass is 16.2. The van der Waals surface area contributed by atoms with Gasteiger partial charge in [-0.05, 0) is 18.8 Å². The summed E-state index contributed by atoms with van der Waals surface area (Å²) in [5.74, 6) is 0.337. The van der Waals surface area contributed by atoms with Gasteiger partial charge in [0.15, 0.2) is 0 Å². The summed E-state index contributed by atoms with van der Waals surface area (Å²) < 4.78 is 0. The van der Waals surface area contributed by atoms with Gasteiger partial charge in [-0.1, -0.05) is 27.2 Å². The molecule has 2 amide bonds. The summed E-state index contributed by atoms with van der Waals surface area (Å²) in [5, 5.41) is 0. The zero-order valence-corrected chi connectivity index (χ0v) is 12.3. The van der Waals surface area contributed by atoms with Gasteiger partial charge >= 0.3 is 0 Å². The van der Waals surface area contributed by atoms with Crippen LogP contribution in [0.5, 0.6) is 0 Å². The van der Waals surface area contributed by atoms with E-state index in [1.807, 2.05) is 20.8 Å². The summed E-state index contributed by atoms with van der Waals surface area (Å²) in [6.07, 6.45) is 4.14.